The lowest BCUT2D eigenvalue weighted by Gasteiger charge is -2.36. The monoisotopic (exact) mass is 473 g/mol. The van der Waals surface area contributed by atoms with E-state index in [0.717, 1.165) is 6.54 Å². The van der Waals surface area contributed by atoms with Crippen LogP contribution in [0.25, 0.3) is 0 Å². The second-order valence-electron chi connectivity index (χ2n) is 9.05. The molecular weight excluding hydrogens is 430 g/mol. The van der Waals surface area contributed by atoms with Crippen LogP contribution in [0.3, 0.4) is 0 Å². The first-order valence-electron chi connectivity index (χ1n) is 12.7. The van der Waals surface area contributed by atoms with Crippen molar-refractivity contribution >= 4 is 19.9 Å². The van der Waals surface area contributed by atoms with Gasteiger partial charge in [-0.2, -0.15) is 0 Å². The molecule has 0 amide bonds. The first-order chi connectivity index (χ1) is 15.7. The lowest BCUT2D eigenvalue weighted by atomic mass is 9.98. The third kappa shape index (κ3) is 9.01. The Bertz CT molecular complexity index is 651. The van der Waals surface area contributed by atoms with Crippen molar-refractivity contribution in [2.45, 2.75) is 89.6 Å². The second-order valence-corrected chi connectivity index (χ2v) is 13.5. The number of unbranched alkanes of at least 4 members (excludes halogenated alkanes) is 3. The molecule has 2 nitrogen and oxygen atoms in total. The Labute approximate surface area is 203 Å². The fourth-order valence-corrected chi connectivity index (χ4v) is 9.75. The minimum atomic E-state index is -1.80. The quantitative estimate of drug-likeness (QED) is 0.184. The van der Waals surface area contributed by atoms with Crippen molar-refractivity contribution in [2.75, 3.05) is 12.4 Å². The van der Waals surface area contributed by atoms with Gasteiger partial charge in [0, 0.05) is 12.4 Å². The lowest BCUT2D eigenvalue weighted by Crippen LogP contribution is -2.46. The van der Waals surface area contributed by atoms with E-state index in [2.05, 4.69) is 86.8 Å². The standard InChI is InChI=1S/C28H44ClNOSi/c1-4-7-20-32(21-8-5-2,22-9-6-3)31-27(23-29)24-30-28(25-16-12-10-13-17-25)26-18-14-11-15-19-26/h10-19,27-28,30H,4-9,20-24H2,1-3H3. The van der Waals surface area contributed by atoms with Crippen molar-refractivity contribution in [2.24, 2.45) is 0 Å². The lowest BCUT2D eigenvalue weighted by molar-refractivity contribution is 0.198. The molecule has 0 fully saturated rings. The molecule has 4 heteroatoms. The van der Waals surface area contributed by atoms with E-state index in [1.54, 1.807) is 0 Å². The van der Waals surface area contributed by atoms with Crippen molar-refractivity contribution in [1.29, 1.82) is 0 Å². The van der Waals surface area contributed by atoms with E-state index < -0.39 is 8.32 Å². The molecule has 1 unspecified atom stereocenters. The largest absolute Gasteiger partial charge is 0.411 e. The maximum Gasteiger partial charge on any atom is 0.193 e. The third-order valence-corrected chi connectivity index (χ3v) is 11.3. The first kappa shape index (κ1) is 27.1. The summed E-state index contributed by atoms with van der Waals surface area (Å²) in [6, 6.07) is 25.4. The Morgan fingerprint density at radius 1 is 0.750 bits per heavy atom. The Morgan fingerprint density at radius 2 is 1.19 bits per heavy atom. The molecule has 1 atom stereocenters. The summed E-state index contributed by atoms with van der Waals surface area (Å²) in [7, 11) is -1.80. The van der Waals surface area contributed by atoms with Crippen LogP contribution in [0.2, 0.25) is 18.1 Å². The van der Waals surface area contributed by atoms with E-state index in [1.807, 2.05) is 0 Å². The zero-order valence-electron chi connectivity index (χ0n) is 20.5. The van der Waals surface area contributed by atoms with Crippen molar-refractivity contribution in [3.8, 4) is 0 Å². The highest BCUT2D eigenvalue weighted by molar-refractivity contribution is 6.73. The molecule has 1 N–H and O–H groups in total. The maximum absolute atomic E-state index is 7.06. The van der Waals surface area contributed by atoms with Crippen LogP contribution in [0.4, 0.5) is 0 Å². The third-order valence-electron chi connectivity index (χ3n) is 6.36. The number of hydrogen-bond donors (Lipinski definition) is 1. The predicted molar refractivity (Wildman–Crippen MR) is 143 cm³/mol. The van der Waals surface area contributed by atoms with E-state index >= 15 is 0 Å². The smallest absolute Gasteiger partial charge is 0.193 e. The molecule has 2 rings (SSSR count). The zero-order chi connectivity index (χ0) is 23.1. The molecule has 0 radical (unpaired) electrons. The van der Waals surface area contributed by atoms with Gasteiger partial charge in [-0.3, -0.25) is 0 Å². The summed E-state index contributed by atoms with van der Waals surface area (Å²) < 4.78 is 7.06. The topological polar surface area (TPSA) is 21.3 Å². The van der Waals surface area contributed by atoms with Gasteiger partial charge in [-0.05, 0) is 29.3 Å². The Morgan fingerprint density at radius 3 is 1.56 bits per heavy atom. The van der Waals surface area contributed by atoms with Gasteiger partial charge in [0.2, 0.25) is 0 Å². The molecule has 178 valence electrons. The fraction of sp³-hybridized carbons (Fsp3) is 0.571. The van der Waals surface area contributed by atoms with Crippen LogP contribution in [0.1, 0.15) is 76.5 Å². The van der Waals surface area contributed by atoms with Crippen LogP contribution in [0, 0.1) is 0 Å². The van der Waals surface area contributed by atoms with Gasteiger partial charge in [-0.15, -0.1) is 11.6 Å². The molecule has 0 aromatic heterocycles. The molecule has 0 saturated carbocycles. The van der Waals surface area contributed by atoms with E-state index in [9.17, 15) is 0 Å². The first-order valence-corrected chi connectivity index (χ1v) is 15.8. The van der Waals surface area contributed by atoms with Gasteiger partial charge in [0.05, 0.1) is 12.1 Å². The van der Waals surface area contributed by atoms with Crippen LogP contribution in [0.15, 0.2) is 60.7 Å². The van der Waals surface area contributed by atoms with E-state index in [0.29, 0.717) is 5.88 Å². The molecule has 0 heterocycles. The summed E-state index contributed by atoms with van der Waals surface area (Å²) in [5.74, 6) is 0.544. The Kier molecular flexibility index (Phi) is 13.3. The van der Waals surface area contributed by atoms with Crippen LogP contribution in [-0.4, -0.2) is 26.8 Å². The van der Waals surface area contributed by atoms with Crippen molar-refractivity contribution < 1.29 is 4.43 Å². The molecular formula is C28H44ClNOSi. The zero-order valence-corrected chi connectivity index (χ0v) is 22.2. The number of alkyl halides is 1. The highest BCUT2D eigenvalue weighted by Crippen LogP contribution is 2.31. The maximum atomic E-state index is 7.06. The highest BCUT2D eigenvalue weighted by atomic mass is 35.5. The van der Waals surface area contributed by atoms with Gasteiger partial charge in [0.25, 0.3) is 0 Å². The predicted octanol–water partition coefficient (Wildman–Crippen LogP) is 8.34. The number of benzene rings is 2. The van der Waals surface area contributed by atoms with Crippen molar-refractivity contribution in [1.82, 2.24) is 5.32 Å². The van der Waals surface area contributed by atoms with Gasteiger partial charge in [0.1, 0.15) is 0 Å². The minimum Gasteiger partial charge on any atom is -0.411 e. The average molecular weight is 474 g/mol. The summed E-state index contributed by atoms with van der Waals surface area (Å²) >= 11 is 6.51. The Balaban J connectivity index is 2.16. The summed E-state index contributed by atoms with van der Waals surface area (Å²) in [6.45, 7) is 7.66. The Hall–Kier alpha value is -1.13. The van der Waals surface area contributed by atoms with Crippen LogP contribution < -0.4 is 5.32 Å². The van der Waals surface area contributed by atoms with Gasteiger partial charge >= 0.3 is 0 Å². The van der Waals surface area contributed by atoms with Crippen molar-refractivity contribution in [3.63, 3.8) is 0 Å². The molecule has 2 aromatic rings. The number of nitrogens with one attached hydrogen (secondary N) is 1. The van der Waals surface area contributed by atoms with Gasteiger partial charge in [-0.25, -0.2) is 0 Å². The number of hydrogen-bond acceptors (Lipinski definition) is 2. The molecule has 32 heavy (non-hydrogen) atoms. The van der Waals surface area contributed by atoms with Crippen LogP contribution in [-0.2, 0) is 4.43 Å². The van der Waals surface area contributed by atoms with E-state index in [1.165, 1.54) is 67.8 Å². The fourth-order valence-electron chi connectivity index (χ4n) is 4.50. The molecule has 0 bridgehead atoms. The normalized spacial score (nSPS) is 12.9. The molecule has 0 aliphatic rings. The minimum absolute atomic E-state index is 0.0591. The molecule has 0 aliphatic heterocycles. The molecule has 2 aromatic carbocycles. The van der Waals surface area contributed by atoms with E-state index in [-0.39, 0.29) is 12.1 Å². The van der Waals surface area contributed by atoms with Gasteiger partial charge in [-0.1, -0.05) is 120 Å². The summed E-state index contributed by atoms with van der Waals surface area (Å²) in [6.07, 6.45) is 7.61. The average Bonchev–Trinajstić information content (AvgIpc) is 2.85. The second kappa shape index (κ2) is 15.7. The van der Waals surface area contributed by atoms with Crippen LogP contribution in [0.5, 0.6) is 0 Å². The van der Waals surface area contributed by atoms with Crippen molar-refractivity contribution in [3.05, 3.63) is 71.8 Å². The van der Waals surface area contributed by atoms with Gasteiger partial charge in [0.15, 0.2) is 8.32 Å². The van der Waals surface area contributed by atoms with Gasteiger partial charge < -0.3 is 9.74 Å². The SMILES string of the molecule is CCCC[Si](CCCC)(CCCC)OC(CCl)CNC(c1ccccc1)c1ccccc1. The molecule has 0 spiro atoms. The molecule has 0 aliphatic carbocycles. The number of halogens is 1. The van der Waals surface area contributed by atoms with E-state index in [4.69, 9.17) is 16.0 Å². The highest BCUT2D eigenvalue weighted by Gasteiger charge is 2.35. The van der Waals surface area contributed by atoms with Crippen LogP contribution >= 0.6 is 11.6 Å². The summed E-state index contributed by atoms with van der Waals surface area (Å²) in [5.41, 5.74) is 2.55. The summed E-state index contributed by atoms with van der Waals surface area (Å²) in [5, 5.41) is 3.81. The molecule has 0 saturated heterocycles. The number of rotatable bonds is 17. The summed E-state index contributed by atoms with van der Waals surface area (Å²) in [4.78, 5) is 0.